The Morgan fingerprint density at radius 3 is 2.36 bits per heavy atom. The molecule has 2 atom stereocenters. The molecule has 5 aromatic rings. The highest BCUT2D eigenvalue weighted by molar-refractivity contribution is 7.89. The van der Waals surface area contributed by atoms with Gasteiger partial charge in [-0.25, -0.2) is 13.4 Å². The van der Waals surface area contributed by atoms with Gasteiger partial charge in [0.1, 0.15) is 24.4 Å². The molecule has 7 rings (SSSR count). The summed E-state index contributed by atoms with van der Waals surface area (Å²) in [5.41, 5.74) is 3.72. The molecule has 2 aromatic heterocycles. The van der Waals surface area contributed by atoms with E-state index < -0.39 is 57.6 Å². The lowest BCUT2D eigenvalue weighted by Gasteiger charge is -2.27. The molecule has 4 heterocycles. The summed E-state index contributed by atoms with van der Waals surface area (Å²) in [7, 11) is -3.62. The lowest BCUT2D eigenvalue weighted by atomic mass is 10.0. The Morgan fingerprint density at radius 1 is 0.857 bits per heavy atom. The molecule has 1 saturated heterocycles. The molecule has 1 fully saturated rings. The van der Waals surface area contributed by atoms with Crippen molar-refractivity contribution in [3.63, 3.8) is 0 Å². The molecule has 0 aliphatic carbocycles. The number of carbonyl (C=O) groups excluding carboxylic acids is 7. The molecule has 20 nitrogen and oxygen atoms in total. The Hall–Kier alpha value is -7.11. The molecule has 368 valence electrons. The number of piperidine rings is 1. The molecule has 2 aliphatic rings. The molecule has 7 amide bonds. The van der Waals surface area contributed by atoms with Crippen LogP contribution in [0, 0.1) is 0 Å². The predicted octanol–water partition coefficient (Wildman–Crippen LogP) is 3.67. The SMILES string of the molecule is CS(=O)(=O)n1ccc(C(=O)N[C@@H](CCOCCCC(=O)NCCOCc2cccc(COCCOc3ccc4c(c3)C(=O)N(C3CCC(=O)NC3=O)C4=O)c2)C(=O)Nc2nc(-c3ccccc3)cs2)c1. The number of thiazole rings is 1. The minimum Gasteiger partial charge on any atom is -0.491 e. The number of anilines is 1. The van der Waals surface area contributed by atoms with Crippen molar-refractivity contribution in [1.29, 1.82) is 0 Å². The number of rotatable bonds is 25. The van der Waals surface area contributed by atoms with E-state index in [1.54, 1.807) is 11.4 Å². The zero-order valence-electron chi connectivity index (χ0n) is 38.1. The van der Waals surface area contributed by atoms with E-state index >= 15 is 0 Å². The van der Waals surface area contributed by atoms with Crippen molar-refractivity contribution < 1.29 is 60.9 Å². The molecule has 0 bridgehead atoms. The van der Waals surface area contributed by atoms with Gasteiger partial charge in [-0.2, -0.15) is 0 Å². The van der Waals surface area contributed by atoms with Crippen LogP contribution in [0.3, 0.4) is 0 Å². The minimum absolute atomic E-state index is 0.0355. The third kappa shape index (κ3) is 13.8. The average molecular weight is 998 g/mol. The van der Waals surface area contributed by atoms with Gasteiger partial charge < -0.3 is 34.9 Å². The quantitative estimate of drug-likeness (QED) is 0.0481. The van der Waals surface area contributed by atoms with Crippen molar-refractivity contribution in [1.82, 2.24) is 29.8 Å². The predicted molar refractivity (Wildman–Crippen MR) is 254 cm³/mol. The van der Waals surface area contributed by atoms with Crippen LogP contribution in [0.1, 0.15) is 74.3 Å². The second kappa shape index (κ2) is 23.9. The molecule has 70 heavy (non-hydrogen) atoms. The minimum atomic E-state index is -3.62. The highest BCUT2D eigenvalue weighted by atomic mass is 32.2. The Kier molecular flexibility index (Phi) is 17.4. The fourth-order valence-electron chi connectivity index (χ4n) is 7.43. The van der Waals surface area contributed by atoms with E-state index in [1.807, 2.05) is 54.6 Å². The van der Waals surface area contributed by atoms with Crippen LogP contribution in [0.5, 0.6) is 5.75 Å². The van der Waals surface area contributed by atoms with Gasteiger partial charge in [-0.15, -0.1) is 11.3 Å². The highest BCUT2D eigenvalue weighted by Gasteiger charge is 2.44. The van der Waals surface area contributed by atoms with Gasteiger partial charge in [0.25, 0.3) is 17.7 Å². The summed E-state index contributed by atoms with van der Waals surface area (Å²) >= 11 is 1.23. The molecule has 1 unspecified atom stereocenters. The summed E-state index contributed by atoms with van der Waals surface area (Å²) in [5.74, 6) is -3.33. The van der Waals surface area contributed by atoms with E-state index in [0.717, 1.165) is 31.8 Å². The van der Waals surface area contributed by atoms with Gasteiger partial charge in [0.15, 0.2) is 5.13 Å². The van der Waals surface area contributed by atoms with Crippen molar-refractivity contribution >= 4 is 67.8 Å². The molecule has 2 aliphatic heterocycles. The number of benzene rings is 3. The Labute approximate surface area is 407 Å². The number of nitrogens with one attached hydrogen (secondary N) is 4. The molecule has 0 radical (unpaired) electrons. The van der Waals surface area contributed by atoms with Crippen LogP contribution in [-0.4, -0.2) is 122 Å². The third-order valence-electron chi connectivity index (χ3n) is 11.0. The number of aromatic nitrogens is 2. The summed E-state index contributed by atoms with van der Waals surface area (Å²) < 4.78 is 47.8. The number of amides is 7. The number of imide groups is 2. The lowest BCUT2D eigenvalue weighted by molar-refractivity contribution is -0.136. The fraction of sp³-hybridized carbons (Fsp3) is 0.333. The van der Waals surface area contributed by atoms with Gasteiger partial charge in [-0.3, -0.25) is 47.8 Å². The monoisotopic (exact) mass is 997 g/mol. The summed E-state index contributed by atoms with van der Waals surface area (Å²) in [4.78, 5) is 94.3. The average Bonchev–Trinajstić information content (AvgIpc) is 4.09. The first-order valence-electron chi connectivity index (χ1n) is 22.3. The van der Waals surface area contributed by atoms with Gasteiger partial charge in [0, 0.05) is 55.9 Å². The summed E-state index contributed by atoms with van der Waals surface area (Å²) in [5, 5.41) is 12.6. The van der Waals surface area contributed by atoms with Crippen LogP contribution >= 0.6 is 11.3 Å². The van der Waals surface area contributed by atoms with E-state index in [1.165, 1.54) is 41.9 Å². The highest BCUT2D eigenvalue weighted by Crippen LogP contribution is 2.30. The zero-order valence-corrected chi connectivity index (χ0v) is 39.7. The standard InChI is InChI=1S/C48H51N7O13S2/c1-70(63,64)54-19-16-34(27-54)43(58)50-38(44(59)53-48-51-39(30-69-48)33-9-3-2-4-10-33)17-21-65-20-6-11-41(56)49-18-22-66-28-31-7-5-8-32(25-31)29-67-23-24-68-35-12-13-36-37(26-35)47(62)55(46(36)61)40-14-15-42(57)52-45(40)60/h2-5,7-10,12-13,16,19,25-27,30,38,40H,6,11,14-15,17-18,20-24,28-29H2,1H3,(H,49,56)(H,50,58)(H,51,53,59)(H,52,57,60)/t38-,40?/m0/s1. The van der Waals surface area contributed by atoms with Crippen LogP contribution in [0.4, 0.5) is 5.13 Å². The number of hydrogen-bond donors (Lipinski definition) is 4. The molecular formula is C48H51N7O13S2. The Bertz CT molecular complexity index is 2830. The zero-order chi connectivity index (χ0) is 49.6. The number of ether oxygens (including phenoxy) is 4. The van der Waals surface area contributed by atoms with Gasteiger partial charge in [0.2, 0.25) is 33.7 Å². The maximum atomic E-state index is 13.4. The van der Waals surface area contributed by atoms with Gasteiger partial charge in [-0.05, 0) is 54.7 Å². The van der Waals surface area contributed by atoms with Crippen LogP contribution in [0.15, 0.2) is 96.6 Å². The summed E-state index contributed by atoms with van der Waals surface area (Å²) in [6.45, 7) is 1.89. The molecule has 0 saturated carbocycles. The first kappa shape index (κ1) is 50.8. The number of nitrogens with zero attached hydrogens (tertiary/aromatic N) is 3. The van der Waals surface area contributed by atoms with E-state index in [4.69, 9.17) is 18.9 Å². The first-order valence-corrected chi connectivity index (χ1v) is 25.0. The largest absolute Gasteiger partial charge is 0.491 e. The molecule has 22 heteroatoms. The molecule has 3 aromatic carbocycles. The molecular weight excluding hydrogens is 947 g/mol. The second-order valence-electron chi connectivity index (χ2n) is 16.2. The van der Waals surface area contributed by atoms with E-state index in [0.29, 0.717) is 42.8 Å². The first-order chi connectivity index (χ1) is 33.7. The Balaban J connectivity index is 0.758. The summed E-state index contributed by atoms with van der Waals surface area (Å²) in [6.07, 6.45) is 4.20. The van der Waals surface area contributed by atoms with Crippen LogP contribution < -0.4 is 26.0 Å². The van der Waals surface area contributed by atoms with Gasteiger partial charge in [0.05, 0.1) is 55.1 Å². The van der Waals surface area contributed by atoms with Crippen LogP contribution in [0.2, 0.25) is 0 Å². The number of fused-ring (bicyclic) bond motifs is 1. The number of carbonyl (C=O) groups is 7. The van der Waals surface area contributed by atoms with E-state index in [9.17, 15) is 42.0 Å². The fourth-order valence-corrected chi connectivity index (χ4v) is 8.74. The van der Waals surface area contributed by atoms with Crippen molar-refractivity contribution in [2.45, 2.75) is 57.4 Å². The van der Waals surface area contributed by atoms with Crippen molar-refractivity contribution in [2.24, 2.45) is 0 Å². The van der Waals surface area contributed by atoms with Crippen LogP contribution in [0.25, 0.3) is 11.3 Å². The normalized spacial score (nSPS) is 15.0. The number of hydrogen-bond acceptors (Lipinski definition) is 15. The van der Waals surface area contributed by atoms with Gasteiger partial charge in [-0.1, -0.05) is 54.6 Å². The molecule has 0 spiro atoms. The topological polar surface area (TPSA) is 260 Å². The molecule has 4 N–H and O–H groups in total. The summed E-state index contributed by atoms with van der Waals surface area (Å²) in [6, 6.07) is 20.8. The maximum Gasteiger partial charge on any atom is 0.262 e. The van der Waals surface area contributed by atoms with Crippen molar-refractivity contribution in [2.75, 3.05) is 51.2 Å². The van der Waals surface area contributed by atoms with Crippen molar-refractivity contribution in [3.05, 3.63) is 124 Å². The van der Waals surface area contributed by atoms with Crippen LogP contribution in [-0.2, 0) is 56.6 Å². The van der Waals surface area contributed by atoms with Gasteiger partial charge >= 0.3 is 0 Å². The van der Waals surface area contributed by atoms with E-state index in [-0.39, 0.29) is 81.3 Å². The Morgan fingerprint density at radius 2 is 1.61 bits per heavy atom. The smallest absolute Gasteiger partial charge is 0.262 e. The van der Waals surface area contributed by atoms with Crippen molar-refractivity contribution in [3.8, 4) is 17.0 Å². The van der Waals surface area contributed by atoms with E-state index in [2.05, 4.69) is 26.3 Å². The maximum absolute atomic E-state index is 13.4. The lowest BCUT2D eigenvalue weighted by Crippen LogP contribution is -2.54. The second-order valence-corrected chi connectivity index (χ2v) is 18.9. The third-order valence-corrected chi connectivity index (χ3v) is 12.7.